The smallest absolute Gasteiger partial charge is 0.178 e. The molecule has 0 aromatic heterocycles. The van der Waals surface area contributed by atoms with Crippen molar-refractivity contribution in [3.05, 3.63) is 24.3 Å². The van der Waals surface area contributed by atoms with Crippen molar-refractivity contribution in [2.75, 3.05) is 26.4 Å². The van der Waals surface area contributed by atoms with Gasteiger partial charge in [0.1, 0.15) is 0 Å². The first kappa shape index (κ1) is 16.8. The number of rotatable bonds is 0. The Balaban J connectivity index is 0.000000152. The molecule has 112 valence electrons. The molecule has 1 aliphatic carbocycles. The van der Waals surface area contributed by atoms with E-state index >= 15 is 0 Å². The van der Waals surface area contributed by atoms with Gasteiger partial charge in [0, 0.05) is 26.4 Å². The Morgan fingerprint density at radius 2 is 0.850 bits per heavy atom. The molecule has 0 aromatic carbocycles. The summed E-state index contributed by atoms with van der Waals surface area (Å²) in [5.41, 5.74) is 0. The third-order valence-corrected chi connectivity index (χ3v) is 2.98. The molecule has 0 atom stereocenters. The van der Waals surface area contributed by atoms with Crippen molar-refractivity contribution in [2.45, 2.75) is 38.5 Å². The Hall–Kier alpha value is -1.26. The van der Waals surface area contributed by atoms with E-state index in [2.05, 4.69) is 0 Å². The molecule has 0 saturated carbocycles. The monoisotopic (exact) mass is 280 g/mol. The van der Waals surface area contributed by atoms with Crippen LogP contribution in [0.2, 0.25) is 0 Å². The zero-order valence-electron chi connectivity index (χ0n) is 12.0. The van der Waals surface area contributed by atoms with Gasteiger partial charge in [0.25, 0.3) is 0 Å². The van der Waals surface area contributed by atoms with Gasteiger partial charge in [0.15, 0.2) is 11.6 Å². The maximum atomic E-state index is 10.3. The first-order valence-electron chi connectivity index (χ1n) is 7.38. The molecule has 20 heavy (non-hydrogen) atoms. The lowest BCUT2D eigenvalue weighted by molar-refractivity contribution is -0.113. The van der Waals surface area contributed by atoms with E-state index < -0.39 is 0 Å². The predicted molar refractivity (Wildman–Crippen MR) is 77.6 cm³/mol. The Labute approximate surface area is 120 Å². The molecule has 2 aliphatic heterocycles. The van der Waals surface area contributed by atoms with Crippen LogP contribution in [0, 0.1) is 0 Å². The zero-order chi connectivity index (χ0) is 14.5. The van der Waals surface area contributed by atoms with Crippen molar-refractivity contribution in [1.82, 2.24) is 0 Å². The van der Waals surface area contributed by atoms with Crippen molar-refractivity contribution in [1.29, 1.82) is 0 Å². The Kier molecular flexibility index (Phi) is 9.70. The van der Waals surface area contributed by atoms with Gasteiger partial charge in [0.05, 0.1) is 0 Å². The number of hydrogen-bond acceptors (Lipinski definition) is 4. The molecule has 0 spiro atoms. The van der Waals surface area contributed by atoms with Crippen LogP contribution in [0.3, 0.4) is 0 Å². The highest BCUT2D eigenvalue weighted by Gasteiger charge is 1.98. The Bertz CT molecular complexity index is 263. The Morgan fingerprint density at radius 1 is 0.550 bits per heavy atom. The van der Waals surface area contributed by atoms with Crippen LogP contribution in [0.25, 0.3) is 0 Å². The van der Waals surface area contributed by atoms with Crippen LogP contribution in [0.4, 0.5) is 0 Å². The number of carbonyl (C=O) groups is 2. The lowest BCUT2D eigenvalue weighted by Gasteiger charge is -2.08. The minimum absolute atomic E-state index is 0.121. The van der Waals surface area contributed by atoms with Gasteiger partial charge in [0.2, 0.25) is 0 Å². The summed E-state index contributed by atoms with van der Waals surface area (Å²) in [7, 11) is 0. The second kappa shape index (κ2) is 11.6. The predicted octanol–water partition coefficient (Wildman–Crippen LogP) is 2.62. The molecule has 0 radical (unpaired) electrons. The van der Waals surface area contributed by atoms with E-state index in [1.165, 1.54) is 62.8 Å². The molecule has 0 aromatic rings. The molecule has 0 unspecified atom stereocenters. The van der Waals surface area contributed by atoms with Gasteiger partial charge in [-0.3, -0.25) is 9.59 Å². The highest BCUT2D eigenvalue weighted by molar-refractivity contribution is 6.14. The molecule has 3 rings (SSSR count). The van der Waals surface area contributed by atoms with Gasteiger partial charge in [-0.05, 0) is 62.8 Å². The van der Waals surface area contributed by atoms with Gasteiger partial charge >= 0.3 is 0 Å². The van der Waals surface area contributed by atoms with E-state index in [0.717, 1.165) is 26.4 Å². The number of hydrogen-bond donors (Lipinski definition) is 0. The minimum Gasteiger partial charge on any atom is -0.381 e. The van der Waals surface area contributed by atoms with Crippen LogP contribution in [0.5, 0.6) is 0 Å². The molecule has 0 N–H and O–H groups in total. The largest absolute Gasteiger partial charge is 0.381 e. The van der Waals surface area contributed by atoms with Gasteiger partial charge in [-0.2, -0.15) is 0 Å². The molecular weight excluding hydrogens is 256 g/mol. The zero-order valence-corrected chi connectivity index (χ0v) is 12.0. The second-order valence-electron chi connectivity index (χ2n) is 4.82. The average Bonchev–Trinajstić information content (AvgIpc) is 2.55. The fraction of sp³-hybridized carbons (Fsp3) is 0.625. The normalized spacial score (nSPS) is 21.4. The summed E-state index contributed by atoms with van der Waals surface area (Å²) < 4.78 is 10.1. The fourth-order valence-electron chi connectivity index (χ4n) is 1.81. The fourth-order valence-corrected chi connectivity index (χ4v) is 1.81. The van der Waals surface area contributed by atoms with Gasteiger partial charge in [-0.15, -0.1) is 0 Å². The van der Waals surface area contributed by atoms with E-state index in [4.69, 9.17) is 9.47 Å². The number of ketones is 2. The third-order valence-electron chi connectivity index (χ3n) is 2.98. The van der Waals surface area contributed by atoms with E-state index in [0.29, 0.717) is 0 Å². The van der Waals surface area contributed by atoms with Crippen molar-refractivity contribution in [3.63, 3.8) is 0 Å². The summed E-state index contributed by atoms with van der Waals surface area (Å²) in [6.07, 6.45) is 12.9. The van der Waals surface area contributed by atoms with Crippen molar-refractivity contribution in [3.8, 4) is 0 Å². The van der Waals surface area contributed by atoms with Crippen molar-refractivity contribution in [2.24, 2.45) is 0 Å². The van der Waals surface area contributed by atoms with Crippen molar-refractivity contribution >= 4 is 11.6 Å². The second-order valence-corrected chi connectivity index (χ2v) is 4.82. The number of allylic oxidation sites excluding steroid dienone is 4. The molecule has 2 fully saturated rings. The summed E-state index contributed by atoms with van der Waals surface area (Å²) in [5.74, 6) is -0.241. The van der Waals surface area contributed by atoms with E-state index in [9.17, 15) is 9.59 Å². The molecule has 3 aliphatic rings. The van der Waals surface area contributed by atoms with Gasteiger partial charge in [-0.25, -0.2) is 0 Å². The quantitative estimate of drug-likeness (QED) is 0.640. The highest BCUT2D eigenvalue weighted by atomic mass is 16.5. The molecule has 2 saturated heterocycles. The van der Waals surface area contributed by atoms with Crippen LogP contribution >= 0.6 is 0 Å². The lowest BCUT2D eigenvalue weighted by Crippen LogP contribution is -2.03. The molecule has 2 heterocycles. The standard InChI is InChI=1S/C6H4O2.2C5H10O/c7-5-1-2-6(8)4-3-5;2*1-2-4-6-5-3-1/h1-4H;2*1-5H2. The lowest BCUT2D eigenvalue weighted by atomic mass is 10.2. The van der Waals surface area contributed by atoms with Crippen LogP contribution < -0.4 is 0 Å². The first-order valence-corrected chi connectivity index (χ1v) is 7.38. The summed E-state index contributed by atoms with van der Waals surface area (Å²) in [6, 6.07) is 0. The van der Waals surface area contributed by atoms with Crippen LogP contribution in [-0.4, -0.2) is 38.0 Å². The SMILES string of the molecule is C1CCOCC1.C1CCOCC1.O=C1C=CC(=O)C=C1. The molecule has 0 amide bonds. The maximum Gasteiger partial charge on any atom is 0.178 e. The summed E-state index contributed by atoms with van der Waals surface area (Å²) >= 11 is 0. The Morgan fingerprint density at radius 3 is 1.00 bits per heavy atom. The third kappa shape index (κ3) is 9.64. The number of carbonyl (C=O) groups excluding carboxylic acids is 2. The molecule has 4 heteroatoms. The highest BCUT2D eigenvalue weighted by Crippen LogP contribution is 2.02. The summed E-state index contributed by atoms with van der Waals surface area (Å²) in [4.78, 5) is 20.6. The van der Waals surface area contributed by atoms with E-state index in [-0.39, 0.29) is 11.6 Å². The number of ether oxygens (including phenoxy) is 2. The topological polar surface area (TPSA) is 52.6 Å². The average molecular weight is 280 g/mol. The van der Waals surface area contributed by atoms with Crippen molar-refractivity contribution < 1.29 is 19.1 Å². The summed E-state index contributed by atoms with van der Waals surface area (Å²) in [5, 5.41) is 0. The maximum absolute atomic E-state index is 10.3. The van der Waals surface area contributed by atoms with Crippen LogP contribution in [0.1, 0.15) is 38.5 Å². The minimum atomic E-state index is -0.121. The van der Waals surface area contributed by atoms with Gasteiger partial charge in [-0.1, -0.05) is 0 Å². The van der Waals surface area contributed by atoms with Crippen LogP contribution in [-0.2, 0) is 19.1 Å². The molecule has 4 nitrogen and oxygen atoms in total. The van der Waals surface area contributed by atoms with Gasteiger partial charge < -0.3 is 9.47 Å². The van der Waals surface area contributed by atoms with E-state index in [1.807, 2.05) is 0 Å². The molecular formula is C16H24O4. The van der Waals surface area contributed by atoms with E-state index in [1.54, 1.807) is 0 Å². The molecule has 0 bridgehead atoms. The van der Waals surface area contributed by atoms with Crippen LogP contribution in [0.15, 0.2) is 24.3 Å². The summed E-state index contributed by atoms with van der Waals surface area (Å²) in [6.45, 7) is 4.00. The first-order chi connectivity index (χ1) is 9.79.